The van der Waals surface area contributed by atoms with E-state index in [1.165, 1.54) is 24.3 Å². The van der Waals surface area contributed by atoms with Gasteiger partial charge in [0, 0.05) is 6.92 Å². The van der Waals surface area contributed by atoms with Crippen LogP contribution in [0.1, 0.15) is 30.7 Å². The minimum absolute atomic E-state index is 0.0423. The van der Waals surface area contributed by atoms with Crippen molar-refractivity contribution >= 4 is 5.91 Å². The molecule has 0 saturated carbocycles. The summed E-state index contributed by atoms with van der Waals surface area (Å²) in [5.74, 6) is 0.508. The van der Waals surface area contributed by atoms with E-state index in [9.17, 15) is 15.0 Å². The molecule has 20 heavy (non-hydrogen) atoms. The highest BCUT2D eigenvalue weighted by molar-refractivity contribution is 5.73. The van der Waals surface area contributed by atoms with Gasteiger partial charge in [-0.2, -0.15) is 0 Å². The third-order valence-corrected chi connectivity index (χ3v) is 2.98. The van der Waals surface area contributed by atoms with E-state index in [4.69, 9.17) is 8.83 Å². The van der Waals surface area contributed by atoms with Crippen molar-refractivity contribution in [3.8, 4) is 0 Å². The molecule has 2 heterocycles. The lowest BCUT2D eigenvalue weighted by molar-refractivity contribution is -0.132. The molecule has 2 unspecified atom stereocenters. The van der Waals surface area contributed by atoms with Crippen LogP contribution in [0.2, 0.25) is 0 Å². The molecule has 0 bridgehead atoms. The molecule has 1 amide bonds. The van der Waals surface area contributed by atoms with Gasteiger partial charge in [-0.05, 0) is 24.3 Å². The number of aliphatic hydroxyl groups is 2. The predicted octanol–water partition coefficient (Wildman–Crippen LogP) is 1.49. The summed E-state index contributed by atoms with van der Waals surface area (Å²) in [6, 6.07) is 6.58. The second-order valence-electron chi connectivity index (χ2n) is 4.49. The Hall–Kier alpha value is -2.05. The third kappa shape index (κ3) is 3.49. The van der Waals surface area contributed by atoms with Gasteiger partial charge >= 0.3 is 0 Å². The molecule has 0 spiro atoms. The maximum absolute atomic E-state index is 11.6. The minimum atomic E-state index is -0.933. The molecule has 2 aromatic heterocycles. The zero-order chi connectivity index (χ0) is 14.5. The van der Waals surface area contributed by atoms with Gasteiger partial charge < -0.3 is 23.9 Å². The van der Waals surface area contributed by atoms with Crippen molar-refractivity contribution in [3.63, 3.8) is 0 Å². The molecule has 0 aliphatic heterocycles. The highest BCUT2D eigenvalue weighted by Crippen LogP contribution is 2.18. The van der Waals surface area contributed by atoms with E-state index in [-0.39, 0.29) is 19.0 Å². The van der Waals surface area contributed by atoms with Gasteiger partial charge in [0.15, 0.2) is 0 Å². The summed E-state index contributed by atoms with van der Waals surface area (Å²) in [5.41, 5.74) is 0. The Morgan fingerprint density at radius 2 is 1.55 bits per heavy atom. The van der Waals surface area contributed by atoms with Crippen molar-refractivity contribution in [2.24, 2.45) is 0 Å². The summed E-state index contributed by atoms with van der Waals surface area (Å²) >= 11 is 0. The largest absolute Gasteiger partial charge is 0.467 e. The van der Waals surface area contributed by atoms with Crippen molar-refractivity contribution < 1.29 is 23.8 Å². The summed E-state index contributed by atoms with van der Waals surface area (Å²) in [5, 5.41) is 20.0. The maximum Gasteiger partial charge on any atom is 0.219 e. The fourth-order valence-corrected chi connectivity index (χ4v) is 1.89. The zero-order valence-electron chi connectivity index (χ0n) is 11.1. The first kappa shape index (κ1) is 14.4. The van der Waals surface area contributed by atoms with Crippen LogP contribution >= 0.6 is 0 Å². The lowest BCUT2D eigenvalue weighted by atomic mass is 10.2. The van der Waals surface area contributed by atoms with E-state index in [0.29, 0.717) is 11.5 Å². The summed E-state index contributed by atoms with van der Waals surface area (Å²) in [7, 11) is 0. The number of furan rings is 2. The smallest absolute Gasteiger partial charge is 0.219 e. The Labute approximate surface area is 116 Å². The number of carbonyl (C=O) groups excluding carboxylic acids is 1. The van der Waals surface area contributed by atoms with Crippen molar-refractivity contribution in [1.29, 1.82) is 0 Å². The van der Waals surface area contributed by atoms with Gasteiger partial charge in [0.1, 0.15) is 23.7 Å². The van der Waals surface area contributed by atoms with Gasteiger partial charge in [-0.1, -0.05) is 0 Å². The van der Waals surface area contributed by atoms with Crippen molar-refractivity contribution in [1.82, 2.24) is 4.90 Å². The number of amides is 1. The zero-order valence-corrected chi connectivity index (χ0v) is 11.1. The molecule has 2 N–H and O–H groups in total. The molecular weight excluding hydrogens is 262 g/mol. The van der Waals surface area contributed by atoms with Gasteiger partial charge in [-0.15, -0.1) is 0 Å². The van der Waals surface area contributed by atoms with Crippen molar-refractivity contribution in [3.05, 3.63) is 48.3 Å². The van der Waals surface area contributed by atoms with Crippen LogP contribution in [-0.2, 0) is 4.79 Å². The second-order valence-corrected chi connectivity index (χ2v) is 4.49. The number of hydrogen-bond donors (Lipinski definition) is 2. The van der Waals surface area contributed by atoms with Crippen LogP contribution in [0.3, 0.4) is 0 Å². The van der Waals surface area contributed by atoms with E-state index in [1.807, 2.05) is 0 Å². The predicted molar refractivity (Wildman–Crippen MR) is 69.6 cm³/mol. The van der Waals surface area contributed by atoms with Crippen LogP contribution < -0.4 is 0 Å². The number of nitrogens with zero attached hydrogens (tertiary/aromatic N) is 1. The molecule has 6 heteroatoms. The van der Waals surface area contributed by atoms with Crippen molar-refractivity contribution in [2.45, 2.75) is 19.1 Å². The first-order valence-electron chi connectivity index (χ1n) is 6.26. The maximum atomic E-state index is 11.6. The van der Waals surface area contributed by atoms with E-state index in [2.05, 4.69) is 0 Å². The summed E-state index contributed by atoms with van der Waals surface area (Å²) in [4.78, 5) is 12.9. The normalized spacial score (nSPS) is 13.9. The molecule has 0 aromatic carbocycles. The van der Waals surface area contributed by atoms with Gasteiger partial charge in [0.25, 0.3) is 0 Å². The van der Waals surface area contributed by atoms with Crippen LogP contribution in [-0.4, -0.2) is 34.1 Å². The lowest BCUT2D eigenvalue weighted by Crippen LogP contribution is -2.36. The number of rotatable bonds is 6. The third-order valence-electron chi connectivity index (χ3n) is 2.98. The highest BCUT2D eigenvalue weighted by atomic mass is 16.4. The second kappa shape index (κ2) is 6.40. The Bertz CT molecular complexity index is 478. The van der Waals surface area contributed by atoms with E-state index in [0.717, 1.165) is 0 Å². The Balaban J connectivity index is 1.99. The average molecular weight is 279 g/mol. The molecule has 0 aliphatic rings. The average Bonchev–Trinajstić information content (AvgIpc) is 3.10. The SMILES string of the molecule is CC(=O)N(CC(O)c1ccco1)CC(O)c1ccco1. The Morgan fingerprint density at radius 3 is 1.85 bits per heavy atom. The molecule has 0 aliphatic carbocycles. The molecule has 0 saturated heterocycles. The van der Waals surface area contributed by atoms with Crippen molar-refractivity contribution in [2.75, 3.05) is 13.1 Å². The highest BCUT2D eigenvalue weighted by Gasteiger charge is 2.22. The molecule has 2 aromatic rings. The van der Waals surface area contributed by atoms with Crippen LogP contribution in [0.25, 0.3) is 0 Å². The Morgan fingerprint density at radius 1 is 1.10 bits per heavy atom. The molecule has 2 rings (SSSR count). The Kier molecular flexibility index (Phi) is 4.60. The summed E-state index contributed by atoms with van der Waals surface area (Å²) < 4.78 is 10.2. The van der Waals surface area contributed by atoms with Gasteiger partial charge in [0.2, 0.25) is 5.91 Å². The number of carbonyl (C=O) groups is 1. The first-order chi connectivity index (χ1) is 9.58. The monoisotopic (exact) mass is 279 g/mol. The molecule has 6 nitrogen and oxygen atoms in total. The molecule has 2 atom stereocenters. The summed E-state index contributed by atoms with van der Waals surface area (Å²) in [6.45, 7) is 1.46. The molecule has 0 fully saturated rings. The van der Waals surface area contributed by atoms with E-state index in [1.54, 1.807) is 24.3 Å². The fourth-order valence-electron chi connectivity index (χ4n) is 1.89. The molecular formula is C14H17NO5. The van der Waals surface area contributed by atoms with Gasteiger partial charge in [0.05, 0.1) is 25.6 Å². The molecule has 0 radical (unpaired) electrons. The van der Waals surface area contributed by atoms with Crippen LogP contribution in [0.5, 0.6) is 0 Å². The topological polar surface area (TPSA) is 87.1 Å². The lowest BCUT2D eigenvalue weighted by Gasteiger charge is -2.25. The van der Waals surface area contributed by atoms with Gasteiger partial charge in [-0.25, -0.2) is 0 Å². The van der Waals surface area contributed by atoms with Crippen LogP contribution in [0, 0.1) is 0 Å². The van der Waals surface area contributed by atoms with E-state index >= 15 is 0 Å². The van der Waals surface area contributed by atoms with Gasteiger partial charge in [-0.3, -0.25) is 4.79 Å². The minimum Gasteiger partial charge on any atom is -0.467 e. The van der Waals surface area contributed by atoms with Crippen LogP contribution in [0.15, 0.2) is 45.6 Å². The number of hydrogen-bond acceptors (Lipinski definition) is 5. The fraction of sp³-hybridized carbons (Fsp3) is 0.357. The number of aliphatic hydroxyl groups excluding tert-OH is 2. The standard InChI is InChI=1S/C14H17NO5/c1-10(16)15(8-11(17)13-4-2-6-19-13)9-12(18)14-5-3-7-20-14/h2-7,11-12,17-18H,8-9H2,1H3. The van der Waals surface area contributed by atoms with Crippen LogP contribution in [0.4, 0.5) is 0 Å². The summed E-state index contributed by atoms with van der Waals surface area (Å²) in [6.07, 6.45) is 1.04. The quantitative estimate of drug-likeness (QED) is 0.836. The van der Waals surface area contributed by atoms with E-state index < -0.39 is 12.2 Å². The first-order valence-corrected chi connectivity index (χ1v) is 6.26. The molecule has 108 valence electrons.